The molecule has 0 saturated heterocycles. The van der Waals surface area contributed by atoms with E-state index in [1.807, 2.05) is 42.3 Å². The highest BCUT2D eigenvalue weighted by molar-refractivity contribution is 7.19. The largest absolute Gasteiger partial charge is 0.456 e. The van der Waals surface area contributed by atoms with E-state index in [0.29, 0.717) is 6.54 Å². The number of likely N-dealkylation sites (N-methyl/N-ethyl adjacent to an activating group) is 1. The summed E-state index contributed by atoms with van der Waals surface area (Å²) >= 11 is 1.50. The van der Waals surface area contributed by atoms with Crippen molar-refractivity contribution in [3.63, 3.8) is 0 Å². The fourth-order valence-electron chi connectivity index (χ4n) is 2.24. The zero-order valence-electron chi connectivity index (χ0n) is 14.9. The van der Waals surface area contributed by atoms with Crippen LogP contribution in [0.15, 0.2) is 29.8 Å². The molecule has 132 valence electrons. The molecule has 1 N–H and O–H groups in total. The number of anilines is 1. The molecule has 1 aromatic carbocycles. The van der Waals surface area contributed by atoms with E-state index >= 15 is 0 Å². The van der Waals surface area contributed by atoms with Crippen molar-refractivity contribution in [1.82, 2.24) is 0 Å². The van der Waals surface area contributed by atoms with Gasteiger partial charge in [-0.15, -0.1) is 11.3 Å². The summed E-state index contributed by atoms with van der Waals surface area (Å²) in [5, 5.41) is 19.4. The molecule has 5 nitrogen and oxygen atoms in total. The van der Waals surface area contributed by atoms with Gasteiger partial charge in [-0.25, -0.2) is 4.79 Å². The Kier molecular flexibility index (Phi) is 5.83. The number of esters is 1. The van der Waals surface area contributed by atoms with Gasteiger partial charge in [0.15, 0.2) is 0 Å². The Bertz CT molecular complexity index is 840. The predicted molar refractivity (Wildman–Crippen MR) is 102 cm³/mol. The summed E-state index contributed by atoms with van der Waals surface area (Å²) in [6, 6.07) is 9.87. The Morgan fingerprint density at radius 2 is 2.12 bits per heavy atom. The monoisotopic (exact) mass is 358 g/mol. The molecule has 1 aromatic heterocycles. The minimum absolute atomic E-state index is 0.0147. The van der Waals surface area contributed by atoms with Crippen LogP contribution in [-0.4, -0.2) is 36.9 Å². The fraction of sp³-hybridized carbons (Fsp3) is 0.368. The molecule has 2 aromatic rings. The normalized spacial score (nSPS) is 12.1. The maximum absolute atomic E-state index is 12.1. The van der Waals surface area contributed by atoms with E-state index in [1.165, 1.54) is 11.3 Å². The summed E-state index contributed by atoms with van der Waals surface area (Å²) in [5.74, 6) is -0.615. The molecule has 0 aliphatic carbocycles. The van der Waals surface area contributed by atoms with Crippen LogP contribution in [0, 0.1) is 11.3 Å². The van der Waals surface area contributed by atoms with Gasteiger partial charge in [-0.2, -0.15) is 5.26 Å². The number of hydrogen-bond donors (Lipinski definition) is 1. The number of ether oxygens (including phenoxy) is 1. The van der Waals surface area contributed by atoms with Crippen LogP contribution in [0.4, 0.5) is 5.69 Å². The van der Waals surface area contributed by atoms with Crippen LogP contribution in [0.1, 0.15) is 25.6 Å². The topological polar surface area (TPSA) is 73.6 Å². The molecule has 0 aliphatic rings. The molecule has 0 radical (unpaired) electrons. The molecule has 0 fully saturated rings. The molecule has 0 saturated carbocycles. The third-order valence-electron chi connectivity index (χ3n) is 3.42. The average Bonchev–Trinajstić information content (AvgIpc) is 2.92. The van der Waals surface area contributed by atoms with Crippen molar-refractivity contribution < 1.29 is 14.6 Å². The van der Waals surface area contributed by atoms with E-state index in [0.717, 1.165) is 20.7 Å². The van der Waals surface area contributed by atoms with E-state index in [1.54, 1.807) is 26.8 Å². The maximum Gasteiger partial charge on any atom is 0.349 e. The standard InChI is InChI=1S/C19H22N2O3S/c1-19(2,3)24-18(23)14(12-20)10-16-9-13-5-6-15(11-17(13)25-16)21(4)7-8-22/h5-6,9-11,22H,7-8H2,1-4H3/b14-10+. The number of aliphatic hydroxyl groups excluding tert-OH is 1. The molecule has 2 rings (SSSR count). The smallest absolute Gasteiger partial charge is 0.349 e. The molecule has 0 bridgehead atoms. The van der Waals surface area contributed by atoms with Gasteiger partial charge in [-0.05, 0) is 50.4 Å². The van der Waals surface area contributed by atoms with Crippen molar-refractivity contribution in [3.8, 4) is 6.07 Å². The van der Waals surface area contributed by atoms with Gasteiger partial charge in [0, 0.05) is 28.9 Å². The molecule has 0 spiro atoms. The number of carbonyl (C=O) groups is 1. The van der Waals surface area contributed by atoms with Crippen LogP contribution >= 0.6 is 11.3 Å². The average molecular weight is 358 g/mol. The summed E-state index contributed by atoms with van der Waals surface area (Å²) in [7, 11) is 1.92. The second kappa shape index (κ2) is 7.68. The number of hydrogen-bond acceptors (Lipinski definition) is 6. The first-order valence-corrected chi connectivity index (χ1v) is 8.76. The summed E-state index contributed by atoms with van der Waals surface area (Å²) in [6.45, 7) is 5.95. The van der Waals surface area contributed by atoms with Crippen molar-refractivity contribution in [2.45, 2.75) is 26.4 Å². The maximum atomic E-state index is 12.1. The van der Waals surface area contributed by atoms with Crippen LogP contribution in [0.25, 0.3) is 16.2 Å². The van der Waals surface area contributed by atoms with Crippen molar-refractivity contribution in [2.24, 2.45) is 0 Å². The zero-order valence-corrected chi connectivity index (χ0v) is 15.7. The Hall–Kier alpha value is -2.36. The Morgan fingerprint density at radius 1 is 1.40 bits per heavy atom. The van der Waals surface area contributed by atoms with E-state index in [9.17, 15) is 10.1 Å². The Labute approximate surface area is 151 Å². The van der Waals surface area contributed by atoms with Gasteiger partial charge in [-0.1, -0.05) is 6.07 Å². The van der Waals surface area contributed by atoms with Crippen LogP contribution in [-0.2, 0) is 9.53 Å². The van der Waals surface area contributed by atoms with Gasteiger partial charge in [0.05, 0.1) is 6.61 Å². The van der Waals surface area contributed by atoms with E-state index in [2.05, 4.69) is 0 Å². The zero-order chi connectivity index (χ0) is 18.6. The first-order valence-electron chi connectivity index (χ1n) is 7.94. The minimum atomic E-state index is -0.640. The van der Waals surface area contributed by atoms with Crippen molar-refractivity contribution in [1.29, 1.82) is 5.26 Å². The quantitative estimate of drug-likeness (QED) is 0.502. The lowest BCUT2D eigenvalue weighted by molar-refractivity contribution is -0.149. The van der Waals surface area contributed by atoms with Gasteiger partial charge >= 0.3 is 5.97 Å². The number of benzene rings is 1. The van der Waals surface area contributed by atoms with Crippen LogP contribution < -0.4 is 4.90 Å². The molecule has 0 atom stereocenters. The summed E-state index contributed by atoms with van der Waals surface area (Å²) in [6.07, 6.45) is 1.57. The summed E-state index contributed by atoms with van der Waals surface area (Å²) < 4.78 is 6.31. The van der Waals surface area contributed by atoms with Gasteiger partial charge in [0.1, 0.15) is 17.2 Å². The van der Waals surface area contributed by atoms with Crippen LogP contribution in [0.2, 0.25) is 0 Å². The first-order chi connectivity index (χ1) is 11.7. The molecule has 0 aliphatic heterocycles. The highest BCUT2D eigenvalue weighted by atomic mass is 32.1. The number of thiophene rings is 1. The number of aliphatic hydroxyl groups is 1. The number of rotatable bonds is 5. The minimum Gasteiger partial charge on any atom is -0.456 e. The third-order valence-corrected chi connectivity index (χ3v) is 4.47. The van der Waals surface area contributed by atoms with E-state index in [-0.39, 0.29) is 12.2 Å². The lowest BCUT2D eigenvalue weighted by Gasteiger charge is -2.18. The first kappa shape index (κ1) is 19.0. The predicted octanol–water partition coefficient (Wildman–Crippen LogP) is 3.58. The highest BCUT2D eigenvalue weighted by Gasteiger charge is 2.20. The number of fused-ring (bicyclic) bond motifs is 1. The van der Waals surface area contributed by atoms with Gasteiger partial charge in [-0.3, -0.25) is 0 Å². The van der Waals surface area contributed by atoms with Crippen molar-refractivity contribution >= 4 is 39.2 Å². The van der Waals surface area contributed by atoms with Gasteiger partial charge in [0.2, 0.25) is 0 Å². The molecule has 0 unspecified atom stereocenters. The van der Waals surface area contributed by atoms with Gasteiger partial charge in [0.25, 0.3) is 0 Å². The summed E-state index contributed by atoms with van der Waals surface area (Å²) in [5.41, 5.74) is 0.352. The highest BCUT2D eigenvalue weighted by Crippen LogP contribution is 2.31. The van der Waals surface area contributed by atoms with Gasteiger partial charge < -0.3 is 14.7 Å². The number of nitriles is 1. The Balaban J connectivity index is 2.31. The van der Waals surface area contributed by atoms with Crippen molar-refractivity contribution in [2.75, 3.05) is 25.1 Å². The Morgan fingerprint density at radius 3 is 2.72 bits per heavy atom. The fourth-order valence-corrected chi connectivity index (χ4v) is 3.28. The SMILES string of the molecule is CN(CCO)c1ccc2cc(/C=C(\C#N)C(=O)OC(C)(C)C)sc2c1. The molecule has 0 amide bonds. The van der Waals surface area contributed by atoms with Crippen molar-refractivity contribution in [3.05, 3.63) is 34.7 Å². The lowest BCUT2D eigenvalue weighted by atomic mass is 10.1. The number of carbonyl (C=O) groups excluding carboxylic acids is 1. The lowest BCUT2D eigenvalue weighted by Crippen LogP contribution is -2.24. The second-order valence-corrected chi connectivity index (χ2v) is 7.80. The third kappa shape index (κ3) is 5.05. The van der Waals surface area contributed by atoms with E-state index < -0.39 is 11.6 Å². The molecule has 6 heteroatoms. The number of nitrogens with zero attached hydrogens (tertiary/aromatic N) is 2. The molecule has 1 heterocycles. The van der Waals surface area contributed by atoms with E-state index in [4.69, 9.17) is 9.84 Å². The molecular formula is C19H22N2O3S. The molecule has 25 heavy (non-hydrogen) atoms. The molecular weight excluding hydrogens is 336 g/mol. The summed E-state index contributed by atoms with van der Waals surface area (Å²) in [4.78, 5) is 14.9. The van der Waals surface area contributed by atoms with Crippen LogP contribution in [0.5, 0.6) is 0 Å². The van der Waals surface area contributed by atoms with Crippen LogP contribution in [0.3, 0.4) is 0 Å². The second-order valence-electron chi connectivity index (χ2n) is 6.69.